The van der Waals surface area contributed by atoms with Crippen molar-refractivity contribution in [2.24, 2.45) is 0 Å². The predicted molar refractivity (Wildman–Crippen MR) is 139 cm³/mol. The first-order valence-corrected chi connectivity index (χ1v) is 11.9. The SMILES string of the molecule is CCOc1cc(/C=C2\C(=O)NC(=O)N(c3ccc(C(=O)OC)cc3)C2=O)cc(Cl)c1Cc1cccc(F)c1. The highest BCUT2D eigenvalue weighted by molar-refractivity contribution is 6.39. The number of imide groups is 2. The predicted octanol–water partition coefficient (Wildman–Crippen LogP) is 4.92. The van der Waals surface area contributed by atoms with Crippen LogP contribution in [-0.4, -0.2) is 37.5 Å². The lowest BCUT2D eigenvalue weighted by Gasteiger charge is -2.26. The second kappa shape index (κ2) is 11.3. The fourth-order valence-corrected chi connectivity index (χ4v) is 4.23. The van der Waals surface area contributed by atoms with Crippen molar-refractivity contribution in [1.29, 1.82) is 0 Å². The molecular weight excluding hydrogens is 515 g/mol. The molecule has 0 atom stereocenters. The van der Waals surface area contributed by atoms with Crippen LogP contribution in [0.5, 0.6) is 5.75 Å². The molecule has 38 heavy (non-hydrogen) atoms. The maximum Gasteiger partial charge on any atom is 0.337 e. The topological polar surface area (TPSA) is 102 Å². The number of carbonyl (C=O) groups excluding carboxylic acids is 4. The number of methoxy groups -OCH3 is 1. The van der Waals surface area contributed by atoms with Crippen LogP contribution in [-0.2, 0) is 20.7 Å². The van der Waals surface area contributed by atoms with Gasteiger partial charge in [-0.25, -0.2) is 18.9 Å². The molecule has 0 unspecified atom stereocenters. The number of anilines is 1. The van der Waals surface area contributed by atoms with Crippen molar-refractivity contribution < 1.29 is 33.0 Å². The molecule has 1 aliphatic heterocycles. The van der Waals surface area contributed by atoms with Crippen LogP contribution >= 0.6 is 11.6 Å². The third kappa shape index (κ3) is 5.57. The summed E-state index contributed by atoms with van der Waals surface area (Å²) < 4.78 is 24.1. The quantitative estimate of drug-likeness (QED) is 0.261. The van der Waals surface area contributed by atoms with Crippen molar-refractivity contribution >= 4 is 47.2 Å². The number of urea groups is 1. The van der Waals surface area contributed by atoms with Crippen molar-refractivity contribution in [2.45, 2.75) is 13.3 Å². The molecule has 4 amide bonds. The molecule has 0 radical (unpaired) electrons. The average molecular weight is 537 g/mol. The number of halogens is 2. The van der Waals surface area contributed by atoms with E-state index in [0.29, 0.717) is 40.5 Å². The molecule has 0 spiro atoms. The van der Waals surface area contributed by atoms with E-state index in [1.165, 1.54) is 49.6 Å². The van der Waals surface area contributed by atoms with E-state index in [0.717, 1.165) is 4.90 Å². The Kier molecular flexibility index (Phi) is 7.87. The molecule has 4 rings (SSSR count). The van der Waals surface area contributed by atoms with E-state index in [2.05, 4.69) is 10.1 Å². The summed E-state index contributed by atoms with van der Waals surface area (Å²) in [5, 5.41) is 2.44. The van der Waals surface area contributed by atoms with E-state index >= 15 is 0 Å². The molecule has 3 aromatic carbocycles. The molecule has 8 nitrogen and oxygen atoms in total. The fraction of sp³-hybridized carbons (Fsp3) is 0.143. The Bertz CT molecular complexity index is 1470. The molecule has 1 heterocycles. The Labute approximate surface area is 222 Å². The van der Waals surface area contributed by atoms with Crippen molar-refractivity contribution in [1.82, 2.24) is 5.32 Å². The van der Waals surface area contributed by atoms with Gasteiger partial charge in [0.15, 0.2) is 0 Å². The summed E-state index contributed by atoms with van der Waals surface area (Å²) >= 11 is 6.56. The summed E-state index contributed by atoms with van der Waals surface area (Å²) in [5.41, 5.74) is 1.76. The molecule has 0 aliphatic carbocycles. The third-order valence-corrected chi connectivity index (χ3v) is 6.04. The molecule has 194 valence electrons. The number of amides is 4. The van der Waals surface area contributed by atoms with Crippen LogP contribution in [0.25, 0.3) is 6.08 Å². The Morgan fingerprint density at radius 1 is 1.08 bits per heavy atom. The van der Waals surface area contributed by atoms with Gasteiger partial charge in [0.05, 0.1) is 25.0 Å². The van der Waals surface area contributed by atoms with Crippen LogP contribution in [0.1, 0.15) is 34.0 Å². The molecule has 0 saturated carbocycles. The minimum absolute atomic E-state index is 0.150. The molecule has 1 fully saturated rings. The molecule has 10 heteroatoms. The molecular formula is C28H22ClFN2O6. The van der Waals surface area contributed by atoms with Crippen molar-refractivity contribution in [3.05, 3.63) is 99.3 Å². The van der Waals surface area contributed by atoms with E-state index in [4.69, 9.17) is 16.3 Å². The molecule has 3 aromatic rings. The zero-order valence-corrected chi connectivity index (χ0v) is 21.2. The number of esters is 1. The largest absolute Gasteiger partial charge is 0.494 e. The van der Waals surface area contributed by atoms with Crippen LogP contribution < -0.4 is 15.0 Å². The number of nitrogens with zero attached hydrogens (tertiary/aromatic N) is 1. The van der Waals surface area contributed by atoms with Crippen LogP contribution in [0, 0.1) is 5.82 Å². The van der Waals surface area contributed by atoms with E-state index in [9.17, 15) is 23.6 Å². The maximum absolute atomic E-state index is 13.7. The highest BCUT2D eigenvalue weighted by atomic mass is 35.5. The molecule has 0 bridgehead atoms. The van der Waals surface area contributed by atoms with Crippen LogP contribution in [0.15, 0.2) is 66.2 Å². The van der Waals surface area contributed by atoms with Crippen molar-refractivity contribution in [2.75, 3.05) is 18.6 Å². The first kappa shape index (κ1) is 26.6. The zero-order valence-electron chi connectivity index (χ0n) is 20.4. The smallest absolute Gasteiger partial charge is 0.337 e. The van der Waals surface area contributed by atoms with Gasteiger partial charge in [0, 0.05) is 17.0 Å². The van der Waals surface area contributed by atoms with Gasteiger partial charge < -0.3 is 9.47 Å². The average Bonchev–Trinajstić information content (AvgIpc) is 2.88. The minimum atomic E-state index is -0.929. The molecule has 0 aromatic heterocycles. The van der Waals surface area contributed by atoms with Crippen molar-refractivity contribution in [3.8, 4) is 5.75 Å². The van der Waals surface area contributed by atoms with Gasteiger partial charge in [-0.3, -0.25) is 14.9 Å². The van der Waals surface area contributed by atoms with Gasteiger partial charge in [-0.05, 0) is 72.7 Å². The summed E-state index contributed by atoms with van der Waals surface area (Å²) in [6, 6.07) is 13.9. The number of nitrogens with one attached hydrogen (secondary N) is 1. The summed E-state index contributed by atoms with van der Waals surface area (Å²) in [6.45, 7) is 2.11. The number of barbiturate groups is 1. The van der Waals surface area contributed by atoms with E-state index in [1.807, 2.05) is 0 Å². The number of hydrogen-bond donors (Lipinski definition) is 1. The first-order chi connectivity index (χ1) is 18.2. The zero-order chi connectivity index (χ0) is 27.4. The fourth-order valence-electron chi connectivity index (χ4n) is 3.94. The summed E-state index contributed by atoms with van der Waals surface area (Å²) in [5.74, 6) is -2.28. The lowest BCUT2D eigenvalue weighted by Crippen LogP contribution is -2.54. The van der Waals surface area contributed by atoms with E-state index in [1.54, 1.807) is 31.2 Å². The van der Waals surface area contributed by atoms with Crippen LogP contribution in [0.4, 0.5) is 14.9 Å². The standard InChI is InChI=1S/C28H22ClFN2O6/c1-3-38-24-15-17(14-23(29)21(24)12-16-5-4-6-19(30)11-16)13-22-25(33)31-28(36)32(26(22)34)20-9-7-18(8-10-20)27(35)37-2/h4-11,13-15H,3,12H2,1-2H3,(H,31,33,36)/b22-13+. The monoisotopic (exact) mass is 536 g/mol. The van der Waals surface area contributed by atoms with Gasteiger partial charge in [0.25, 0.3) is 11.8 Å². The molecule has 1 saturated heterocycles. The minimum Gasteiger partial charge on any atom is -0.494 e. The van der Waals surface area contributed by atoms with Crippen LogP contribution in [0.3, 0.4) is 0 Å². The summed E-state index contributed by atoms with van der Waals surface area (Å²) in [7, 11) is 1.23. The highest BCUT2D eigenvalue weighted by Gasteiger charge is 2.37. The number of ether oxygens (including phenoxy) is 2. The Balaban J connectivity index is 1.69. The van der Waals surface area contributed by atoms with Gasteiger partial charge in [0.1, 0.15) is 17.1 Å². The summed E-state index contributed by atoms with van der Waals surface area (Å²) in [6.07, 6.45) is 1.60. The van der Waals surface area contributed by atoms with Gasteiger partial charge in [-0.1, -0.05) is 23.7 Å². The first-order valence-electron chi connectivity index (χ1n) is 11.5. The van der Waals surface area contributed by atoms with Gasteiger partial charge in [0.2, 0.25) is 0 Å². The third-order valence-electron chi connectivity index (χ3n) is 5.71. The summed E-state index contributed by atoms with van der Waals surface area (Å²) in [4.78, 5) is 50.8. The second-order valence-electron chi connectivity index (χ2n) is 8.22. The van der Waals surface area contributed by atoms with Gasteiger partial charge >= 0.3 is 12.0 Å². The number of rotatable bonds is 7. The van der Waals surface area contributed by atoms with E-state index < -0.39 is 23.8 Å². The number of hydrogen-bond acceptors (Lipinski definition) is 6. The second-order valence-corrected chi connectivity index (χ2v) is 8.62. The number of carbonyl (C=O) groups is 4. The lowest BCUT2D eigenvalue weighted by molar-refractivity contribution is -0.122. The normalized spacial score (nSPS) is 14.5. The maximum atomic E-state index is 13.7. The van der Waals surface area contributed by atoms with Crippen molar-refractivity contribution in [3.63, 3.8) is 0 Å². The Hall–Kier alpha value is -4.50. The number of benzene rings is 3. The molecule has 1 aliphatic rings. The Morgan fingerprint density at radius 2 is 1.82 bits per heavy atom. The van der Waals surface area contributed by atoms with E-state index in [-0.39, 0.29) is 22.6 Å². The molecule has 1 N–H and O–H groups in total. The van der Waals surface area contributed by atoms with Crippen LogP contribution in [0.2, 0.25) is 5.02 Å². The Morgan fingerprint density at radius 3 is 2.47 bits per heavy atom. The lowest BCUT2D eigenvalue weighted by atomic mass is 10.00. The van der Waals surface area contributed by atoms with Gasteiger partial charge in [-0.15, -0.1) is 0 Å². The highest BCUT2D eigenvalue weighted by Crippen LogP contribution is 2.33. The van der Waals surface area contributed by atoms with Gasteiger partial charge in [-0.2, -0.15) is 0 Å².